The summed E-state index contributed by atoms with van der Waals surface area (Å²) in [4.78, 5) is 23.7. The van der Waals surface area contributed by atoms with E-state index in [1.165, 1.54) is 0 Å². The summed E-state index contributed by atoms with van der Waals surface area (Å²) in [6.07, 6.45) is 1.97. The minimum absolute atomic E-state index is 0.0976. The minimum Gasteiger partial charge on any atom is -0.496 e. The molecule has 2 unspecified atom stereocenters. The number of anilines is 1. The number of hydrogen-bond donors (Lipinski definition) is 4. The Morgan fingerprint density at radius 3 is 2.67 bits per heavy atom. The highest BCUT2D eigenvalue weighted by Crippen LogP contribution is 2.43. The number of nitrogens with one attached hydrogen (secondary N) is 3. The van der Waals surface area contributed by atoms with Crippen molar-refractivity contribution in [2.75, 3.05) is 12.4 Å². The third-order valence-electron chi connectivity index (χ3n) is 6.34. The Kier molecular flexibility index (Phi) is 5.54. The van der Waals surface area contributed by atoms with E-state index in [0.29, 0.717) is 22.8 Å². The van der Waals surface area contributed by atoms with E-state index in [0.717, 1.165) is 28.0 Å². The molecule has 3 aromatic carbocycles. The second-order valence-electron chi connectivity index (χ2n) is 8.47. The van der Waals surface area contributed by atoms with Crippen molar-refractivity contribution in [3.63, 3.8) is 0 Å². The summed E-state index contributed by atoms with van der Waals surface area (Å²) in [5, 5.41) is 8.26. The van der Waals surface area contributed by atoms with Gasteiger partial charge >= 0.3 is 0 Å². The molecular formula is C27H24N6O2S. The van der Waals surface area contributed by atoms with Crippen molar-refractivity contribution in [2.24, 2.45) is 5.73 Å². The maximum Gasteiger partial charge on any atom is 0.257 e. The van der Waals surface area contributed by atoms with E-state index in [2.05, 4.69) is 25.5 Å². The highest BCUT2D eigenvalue weighted by molar-refractivity contribution is 8.02. The molecule has 1 amide bonds. The number of para-hydroxylation sites is 3. The maximum atomic E-state index is 13.6. The van der Waals surface area contributed by atoms with E-state index >= 15 is 0 Å². The molecule has 8 nitrogen and oxygen atoms in total. The molecule has 6 rings (SSSR count). The lowest BCUT2D eigenvalue weighted by Crippen LogP contribution is -2.49. The van der Waals surface area contributed by atoms with Gasteiger partial charge in [0.15, 0.2) is 5.50 Å². The molecule has 5 N–H and O–H groups in total. The molecule has 0 spiro atoms. The molecule has 1 aromatic heterocycles. The number of nitrogens with two attached hydrogens (primary N) is 1. The lowest BCUT2D eigenvalue weighted by atomic mass is 9.94. The van der Waals surface area contributed by atoms with Gasteiger partial charge in [-0.1, -0.05) is 42.1 Å². The molecule has 180 valence electrons. The Balaban J connectivity index is 1.30. The number of thioether (sulfide) groups is 1. The molecule has 36 heavy (non-hydrogen) atoms. The Labute approximate surface area is 212 Å². The van der Waals surface area contributed by atoms with E-state index in [1.807, 2.05) is 84.4 Å². The molecule has 2 atom stereocenters. The van der Waals surface area contributed by atoms with Crippen LogP contribution in [0.5, 0.6) is 5.75 Å². The van der Waals surface area contributed by atoms with Gasteiger partial charge in [0.1, 0.15) is 17.4 Å². The van der Waals surface area contributed by atoms with Crippen molar-refractivity contribution in [2.45, 2.75) is 11.5 Å². The SMILES string of the molecule is COc1ccccc1C1C(C(=O)Nc2ccc(-c3nc4ccccc4[nH]3)cc2)=C(N)NC2SC=CN21. The molecule has 0 radical (unpaired) electrons. The monoisotopic (exact) mass is 496 g/mol. The molecule has 2 aliphatic heterocycles. The maximum absolute atomic E-state index is 13.6. The van der Waals surface area contributed by atoms with Crippen LogP contribution in [0.4, 0.5) is 5.69 Å². The molecule has 0 saturated heterocycles. The number of amides is 1. The second kappa shape index (κ2) is 9.01. The van der Waals surface area contributed by atoms with Gasteiger partial charge in [0.05, 0.1) is 29.8 Å². The number of aromatic nitrogens is 2. The van der Waals surface area contributed by atoms with Crippen LogP contribution in [0.3, 0.4) is 0 Å². The van der Waals surface area contributed by atoms with E-state index < -0.39 is 6.04 Å². The number of hydrogen-bond acceptors (Lipinski definition) is 7. The number of carbonyl (C=O) groups is 1. The zero-order valence-electron chi connectivity index (χ0n) is 19.4. The highest BCUT2D eigenvalue weighted by atomic mass is 32.2. The van der Waals surface area contributed by atoms with Crippen molar-refractivity contribution in [3.05, 3.63) is 101 Å². The molecule has 0 bridgehead atoms. The number of methoxy groups -OCH3 is 1. The van der Waals surface area contributed by atoms with Gasteiger partial charge < -0.3 is 31.0 Å². The van der Waals surface area contributed by atoms with Gasteiger partial charge in [-0.3, -0.25) is 4.79 Å². The molecule has 3 heterocycles. The van der Waals surface area contributed by atoms with Crippen LogP contribution in [0, 0.1) is 0 Å². The van der Waals surface area contributed by atoms with Crippen LogP contribution < -0.4 is 21.1 Å². The highest BCUT2D eigenvalue weighted by Gasteiger charge is 2.40. The third kappa shape index (κ3) is 3.83. The molecule has 4 aromatic rings. The minimum atomic E-state index is -0.409. The van der Waals surface area contributed by atoms with Crippen molar-refractivity contribution < 1.29 is 9.53 Å². The molecule has 9 heteroatoms. The smallest absolute Gasteiger partial charge is 0.257 e. The number of imidazole rings is 1. The Bertz CT molecular complexity index is 1480. The van der Waals surface area contributed by atoms with Crippen LogP contribution in [0.15, 0.2) is 95.8 Å². The van der Waals surface area contributed by atoms with Crippen LogP contribution in [-0.4, -0.2) is 33.4 Å². The normalized spacial score (nSPS) is 18.8. The van der Waals surface area contributed by atoms with Gasteiger partial charge in [0, 0.05) is 23.0 Å². The number of rotatable bonds is 5. The fraction of sp³-hybridized carbons (Fsp3) is 0.111. The van der Waals surface area contributed by atoms with Crippen LogP contribution in [-0.2, 0) is 4.79 Å². The number of ether oxygens (including phenoxy) is 1. The first-order valence-corrected chi connectivity index (χ1v) is 12.4. The van der Waals surface area contributed by atoms with Gasteiger partial charge in [-0.2, -0.15) is 0 Å². The Morgan fingerprint density at radius 2 is 1.86 bits per heavy atom. The fourth-order valence-corrected chi connectivity index (χ4v) is 5.51. The molecular weight excluding hydrogens is 472 g/mol. The predicted molar refractivity (Wildman–Crippen MR) is 143 cm³/mol. The van der Waals surface area contributed by atoms with Crippen molar-refractivity contribution >= 4 is 34.4 Å². The lowest BCUT2D eigenvalue weighted by Gasteiger charge is -2.40. The predicted octanol–water partition coefficient (Wildman–Crippen LogP) is 4.50. The summed E-state index contributed by atoms with van der Waals surface area (Å²) < 4.78 is 5.62. The molecule has 0 fully saturated rings. The summed E-state index contributed by atoms with van der Waals surface area (Å²) in [6.45, 7) is 0. The van der Waals surface area contributed by atoms with Crippen LogP contribution in [0.25, 0.3) is 22.4 Å². The zero-order valence-corrected chi connectivity index (χ0v) is 20.3. The largest absolute Gasteiger partial charge is 0.496 e. The van der Waals surface area contributed by atoms with Gasteiger partial charge in [-0.15, -0.1) is 0 Å². The van der Waals surface area contributed by atoms with Crippen LogP contribution in [0.2, 0.25) is 0 Å². The summed E-state index contributed by atoms with van der Waals surface area (Å²) in [7, 11) is 1.63. The summed E-state index contributed by atoms with van der Waals surface area (Å²) in [6, 6.07) is 22.8. The average Bonchev–Trinajstić information content (AvgIpc) is 3.55. The number of fused-ring (bicyclic) bond motifs is 2. The Hall–Kier alpha value is -4.37. The number of nitrogens with zero attached hydrogens (tertiary/aromatic N) is 2. The topological polar surface area (TPSA) is 108 Å². The number of benzene rings is 3. The van der Waals surface area contributed by atoms with Gasteiger partial charge in [0.2, 0.25) is 0 Å². The van der Waals surface area contributed by atoms with Gasteiger partial charge in [-0.25, -0.2) is 4.98 Å². The first-order valence-electron chi connectivity index (χ1n) is 11.5. The standard InChI is InChI=1S/C27H24N6O2S/c1-35-21-9-5-2-6-18(21)23-22(24(28)32-27-33(23)14-15-36-27)26(34)29-17-12-10-16(11-13-17)25-30-19-7-3-4-8-20(19)31-25/h2-15,23,27,32H,28H2,1H3,(H,29,34)(H,30,31). The number of carbonyl (C=O) groups excluding carboxylic acids is 1. The molecule has 0 saturated carbocycles. The van der Waals surface area contributed by atoms with Crippen LogP contribution >= 0.6 is 11.8 Å². The van der Waals surface area contributed by atoms with Crippen LogP contribution in [0.1, 0.15) is 11.6 Å². The van der Waals surface area contributed by atoms with Gasteiger partial charge in [0.25, 0.3) is 5.91 Å². The van der Waals surface area contributed by atoms with Crippen molar-refractivity contribution in [1.82, 2.24) is 20.2 Å². The van der Waals surface area contributed by atoms with Crippen molar-refractivity contribution in [1.29, 1.82) is 0 Å². The fourth-order valence-electron chi connectivity index (χ4n) is 4.62. The summed E-state index contributed by atoms with van der Waals surface area (Å²) >= 11 is 1.60. The summed E-state index contributed by atoms with van der Waals surface area (Å²) in [5.41, 5.74) is 11.1. The van der Waals surface area contributed by atoms with E-state index in [4.69, 9.17) is 10.5 Å². The summed E-state index contributed by atoms with van der Waals surface area (Å²) in [5.74, 6) is 1.54. The van der Waals surface area contributed by atoms with E-state index in [1.54, 1.807) is 18.9 Å². The zero-order chi connectivity index (χ0) is 24.6. The first-order chi connectivity index (χ1) is 17.6. The van der Waals surface area contributed by atoms with E-state index in [-0.39, 0.29) is 11.4 Å². The first kappa shape index (κ1) is 22.1. The van der Waals surface area contributed by atoms with Crippen molar-refractivity contribution in [3.8, 4) is 17.1 Å². The second-order valence-corrected chi connectivity index (χ2v) is 9.46. The third-order valence-corrected chi connectivity index (χ3v) is 7.23. The molecule has 2 aliphatic rings. The number of aromatic amines is 1. The Morgan fingerprint density at radius 1 is 1.08 bits per heavy atom. The lowest BCUT2D eigenvalue weighted by molar-refractivity contribution is -0.113. The van der Waals surface area contributed by atoms with E-state index in [9.17, 15) is 4.79 Å². The average molecular weight is 497 g/mol. The quantitative estimate of drug-likeness (QED) is 0.322. The number of H-pyrrole nitrogens is 1. The van der Waals surface area contributed by atoms with Gasteiger partial charge in [-0.05, 0) is 47.9 Å². The molecule has 0 aliphatic carbocycles.